The second-order valence-corrected chi connectivity index (χ2v) is 3.64. The van der Waals surface area contributed by atoms with Gasteiger partial charge in [0.05, 0.1) is 36.5 Å². The van der Waals surface area contributed by atoms with E-state index in [-0.39, 0.29) is 12.3 Å². The first kappa shape index (κ1) is 15.2. The van der Waals surface area contributed by atoms with Gasteiger partial charge in [0.15, 0.2) is 0 Å². The van der Waals surface area contributed by atoms with Gasteiger partial charge in [0.1, 0.15) is 12.4 Å². The first-order valence-corrected chi connectivity index (χ1v) is 5.97. The van der Waals surface area contributed by atoms with Crippen molar-refractivity contribution in [2.24, 2.45) is 0 Å². The van der Waals surface area contributed by atoms with Crippen molar-refractivity contribution in [1.29, 1.82) is 0 Å². The maximum absolute atomic E-state index is 10.6. The molecule has 0 bridgehead atoms. The molecule has 0 aliphatic heterocycles. The molecule has 0 aliphatic rings. The first-order chi connectivity index (χ1) is 9.15. The van der Waals surface area contributed by atoms with Crippen LogP contribution in [0.25, 0.3) is 0 Å². The van der Waals surface area contributed by atoms with Crippen LogP contribution in [0, 0.1) is 10.1 Å². The number of benzene rings is 1. The van der Waals surface area contributed by atoms with Crippen molar-refractivity contribution in [3.05, 3.63) is 28.3 Å². The van der Waals surface area contributed by atoms with Crippen molar-refractivity contribution in [1.82, 2.24) is 0 Å². The Balaban J connectivity index is 2.32. The highest BCUT2D eigenvalue weighted by atomic mass is 16.6. The second-order valence-electron chi connectivity index (χ2n) is 3.64. The molecule has 2 N–H and O–H groups in total. The monoisotopic (exact) mass is 270 g/mol. The Bertz CT molecular complexity index is 411. The lowest BCUT2D eigenvalue weighted by Gasteiger charge is -2.09. The van der Waals surface area contributed by atoms with Crippen molar-refractivity contribution in [3.63, 3.8) is 0 Å². The minimum Gasteiger partial charge on any atom is -0.489 e. The zero-order valence-electron chi connectivity index (χ0n) is 10.8. The van der Waals surface area contributed by atoms with Crippen LogP contribution in [0.1, 0.15) is 6.92 Å². The van der Waals surface area contributed by atoms with Gasteiger partial charge >= 0.3 is 0 Å². The molecule has 7 heteroatoms. The third-order valence-electron chi connectivity index (χ3n) is 2.27. The van der Waals surface area contributed by atoms with Crippen LogP contribution in [0.3, 0.4) is 0 Å². The van der Waals surface area contributed by atoms with E-state index in [2.05, 4.69) is 0 Å². The smallest absolute Gasteiger partial charge is 0.273 e. The number of hydrogen-bond donors (Lipinski definition) is 1. The molecule has 0 fully saturated rings. The first-order valence-electron chi connectivity index (χ1n) is 5.97. The molecule has 19 heavy (non-hydrogen) atoms. The molecule has 0 saturated carbocycles. The van der Waals surface area contributed by atoms with Gasteiger partial charge in [0.25, 0.3) is 5.69 Å². The topological polar surface area (TPSA) is 96.8 Å². The number of nitrogens with zero attached hydrogens (tertiary/aromatic N) is 1. The normalized spacial score (nSPS) is 10.4. The molecule has 0 heterocycles. The van der Waals surface area contributed by atoms with Gasteiger partial charge in [0, 0.05) is 12.7 Å². The fourth-order valence-corrected chi connectivity index (χ4v) is 1.34. The summed E-state index contributed by atoms with van der Waals surface area (Å²) in [7, 11) is 0. The Morgan fingerprint density at radius 1 is 1.21 bits per heavy atom. The van der Waals surface area contributed by atoms with E-state index >= 15 is 0 Å². The average molecular weight is 270 g/mol. The molecule has 0 aromatic heterocycles. The number of nitrogens with two attached hydrogens (primary N) is 1. The van der Waals surface area contributed by atoms with Crippen molar-refractivity contribution >= 4 is 11.4 Å². The summed E-state index contributed by atoms with van der Waals surface area (Å²) < 4.78 is 15.7. The predicted molar refractivity (Wildman–Crippen MR) is 70.3 cm³/mol. The Hall–Kier alpha value is -1.86. The SMILES string of the molecule is CCOCCOCCOc1cc([N+](=O)[O-])ccc1N. The van der Waals surface area contributed by atoms with E-state index in [0.29, 0.717) is 37.9 Å². The largest absolute Gasteiger partial charge is 0.489 e. The van der Waals surface area contributed by atoms with Gasteiger partial charge in [-0.3, -0.25) is 10.1 Å². The summed E-state index contributed by atoms with van der Waals surface area (Å²) in [5.74, 6) is 0.294. The number of non-ortho nitro benzene ring substituents is 1. The van der Waals surface area contributed by atoms with Crippen LogP contribution >= 0.6 is 0 Å². The highest BCUT2D eigenvalue weighted by Crippen LogP contribution is 2.26. The van der Waals surface area contributed by atoms with Gasteiger partial charge in [-0.1, -0.05) is 0 Å². The number of ether oxygens (including phenoxy) is 3. The van der Waals surface area contributed by atoms with E-state index in [1.54, 1.807) is 0 Å². The standard InChI is InChI=1S/C12H18N2O5/c1-2-17-5-6-18-7-8-19-12-9-10(14(15)16)3-4-11(12)13/h3-4,9H,2,5-8,13H2,1H3. The molecule has 0 unspecified atom stereocenters. The predicted octanol–water partition coefficient (Wildman–Crippen LogP) is 1.61. The van der Waals surface area contributed by atoms with Crippen LogP contribution in [-0.2, 0) is 9.47 Å². The number of nitrogen functional groups attached to an aromatic ring is 1. The maximum atomic E-state index is 10.6. The molecule has 0 aliphatic carbocycles. The lowest BCUT2D eigenvalue weighted by molar-refractivity contribution is -0.384. The Morgan fingerprint density at radius 2 is 1.89 bits per heavy atom. The van der Waals surface area contributed by atoms with Crippen LogP contribution in [0.5, 0.6) is 5.75 Å². The molecule has 106 valence electrons. The Labute approximate surface area is 111 Å². The summed E-state index contributed by atoms with van der Waals surface area (Å²) in [6.45, 7) is 4.24. The Morgan fingerprint density at radius 3 is 2.58 bits per heavy atom. The molecular formula is C12H18N2O5. The number of rotatable bonds is 9. The molecule has 0 radical (unpaired) electrons. The molecule has 0 atom stereocenters. The maximum Gasteiger partial charge on any atom is 0.273 e. The van der Waals surface area contributed by atoms with E-state index in [1.165, 1.54) is 18.2 Å². The van der Waals surface area contributed by atoms with Crippen molar-refractivity contribution in [2.45, 2.75) is 6.92 Å². The van der Waals surface area contributed by atoms with Crippen LogP contribution in [0.15, 0.2) is 18.2 Å². The minimum atomic E-state index is -0.495. The lowest BCUT2D eigenvalue weighted by Crippen LogP contribution is -2.11. The lowest BCUT2D eigenvalue weighted by atomic mass is 10.2. The van der Waals surface area contributed by atoms with E-state index in [0.717, 1.165) is 0 Å². The fraction of sp³-hybridized carbons (Fsp3) is 0.500. The number of nitro benzene ring substituents is 1. The zero-order chi connectivity index (χ0) is 14.1. The van der Waals surface area contributed by atoms with Crippen molar-refractivity contribution in [3.8, 4) is 5.75 Å². The minimum absolute atomic E-state index is 0.0542. The van der Waals surface area contributed by atoms with Crippen LogP contribution in [0.2, 0.25) is 0 Å². The van der Waals surface area contributed by atoms with Crippen LogP contribution in [0.4, 0.5) is 11.4 Å². The number of nitro groups is 1. The summed E-state index contributed by atoms with van der Waals surface area (Å²) in [6.07, 6.45) is 0. The van der Waals surface area contributed by atoms with E-state index in [4.69, 9.17) is 19.9 Å². The highest BCUT2D eigenvalue weighted by Gasteiger charge is 2.09. The van der Waals surface area contributed by atoms with Crippen LogP contribution < -0.4 is 10.5 Å². The molecule has 1 aromatic carbocycles. The summed E-state index contributed by atoms with van der Waals surface area (Å²) in [5.41, 5.74) is 5.97. The van der Waals surface area contributed by atoms with Crippen LogP contribution in [-0.4, -0.2) is 38.0 Å². The highest BCUT2D eigenvalue weighted by molar-refractivity contribution is 5.57. The molecular weight excluding hydrogens is 252 g/mol. The molecule has 1 rings (SSSR count). The van der Waals surface area contributed by atoms with E-state index in [9.17, 15) is 10.1 Å². The van der Waals surface area contributed by atoms with Gasteiger partial charge in [-0.2, -0.15) is 0 Å². The van der Waals surface area contributed by atoms with Gasteiger partial charge in [-0.25, -0.2) is 0 Å². The Kier molecular flexibility index (Phi) is 6.62. The number of hydrogen-bond acceptors (Lipinski definition) is 6. The molecule has 0 saturated heterocycles. The van der Waals surface area contributed by atoms with Crippen molar-refractivity contribution < 1.29 is 19.1 Å². The molecule has 1 aromatic rings. The second kappa shape index (κ2) is 8.28. The molecule has 0 spiro atoms. The molecule has 0 amide bonds. The summed E-state index contributed by atoms with van der Waals surface area (Å²) in [5, 5.41) is 10.6. The molecule has 7 nitrogen and oxygen atoms in total. The van der Waals surface area contributed by atoms with Gasteiger partial charge < -0.3 is 19.9 Å². The van der Waals surface area contributed by atoms with E-state index in [1.807, 2.05) is 6.92 Å². The average Bonchev–Trinajstić information content (AvgIpc) is 2.39. The number of anilines is 1. The third kappa shape index (κ3) is 5.54. The van der Waals surface area contributed by atoms with Gasteiger partial charge in [-0.05, 0) is 13.0 Å². The quantitative estimate of drug-likeness (QED) is 0.317. The van der Waals surface area contributed by atoms with Gasteiger partial charge in [0.2, 0.25) is 0 Å². The fourth-order valence-electron chi connectivity index (χ4n) is 1.34. The van der Waals surface area contributed by atoms with Crippen molar-refractivity contribution in [2.75, 3.05) is 38.8 Å². The summed E-state index contributed by atoms with van der Waals surface area (Å²) >= 11 is 0. The van der Waals surface area contributed by atoms with E-state index < -0.39 is 4.92 Å². The third-order valence-corrected chi connectivity index (χ3v) is 2.27. The zero-order valence-corrected chi connectivity index (χ0v) is 10.8. The summed E-state index contributed by atoms with van der Waals surface area (Å²) in [6, 6.07) is 4.08. The summed E-state index contributed by atoms with van der Waals surface area (Å²) in [4.78, 5) is 10.1. The van der Waals surface area contributed by atoms with Gasteiger partial charge in [-0.15, -0.1) is 0 Å².